The minimum atomic E-state index is -0.176. The van der Waals surface area contributed by atoms with Gasteiger partial charge in [-0.05, 0) is 37.8 Å². The third-order valence-corrected chi connectivity index (χ3v) is 3.89. The van der Waals surface area contributed by atoms with Crippen molar-refractivity contribution in [3.63, 3.8) is 0 Å². The van der Waals surface area contributed by atoms with Crippen LogP contribution in [0.15, 0.2) is 21.6 Å². The van der Waals surface area contributed by atoms with E-state index < -0.39 is 0 Å². The molecule has 1 aliphatic carbocycles. The summed E-state index contributed by atoms with van der Waals surface area (Å²) in [5.41, 5.74) is 0.612. The second-order valence-electron chi connectivity index (χ2n) is 4.57. The van der Waals surface area contributed by atoms with Crippen LogP contribution in [-0.2, 0) is 0 Å². The number of halogens is 2. The molecular weight excluding hydrogens is 318 g/mol. The maximum Gasteiger partial charge on any atom is 0.142 e. The van der Waals surface area contributed by atoms with Gasteiger partial charge in [-0.15, -0.1) is 0 Å². The Hall–Kier alpha value is -0.580. The van der Waals surface area contributed by atoms with E-state index in [0.717, 1.165) is 30.2 Å². The SMILES string of the molecule is Oc1c(Cl)cc(Br)cc1C=N[C@H]1CC[C@H](O)CC1. The molecule has 0 bridgehead atoms. The van der Waals surface area contributed by atoms with Gasteiger partial charge in [0.05, 0.1) is 17.2 Å². The average Bonchev–Trinajstić information content (AvgIpc) is 2.34. The summed E-state index contributed by atoms with van der Waals surface area (Å²) in [5.74, 6) is 0.0551. The molecule has 0 aromatic heterocycles. The maximum atomic E-state index is 9.81. The average molecular weight is 333 g/mol. The first-order valence-electron chi connectivity index (χ1n) is 5.95. The third kappa shape index (κ3) is 3.46. The van der Waals surface area contributed by atoms with Crippen LogP contribution in [0.4, 0.5) is 0 Å². The number of nitrogens with zero attached hydrogens (tertiary/aromatic N) is 1. The van der Waals surface area contributed by atoms with Crippen LogP contribution >= 0.6 is 27.5 Å². The number of rotatable bonds is 2. The monoisotopic (exact) mass is 331 g/mol. The molecule has 0 radical (unpaired) electrons. The van der Waals surface area contributed by atoms with Crippen molar-refractivity contribution in [3.8, 4) is 5.75 Å². The van der Waals surface area contributed by atoms with Gasteiger partial charge in [0.1, 0.15) is 5.75 Å². The summed E-state index contributed by atoms with van der Waals surface area (Å²) in [5, 5.41) is 19.5. The Labute approximate surface area is 120 Å². The van der Waals surface area contributed by atoms with Crippen molar-refractivity contribution >= 4 is 33.7 Å². The van der Waals surface area contributed by atoms with E-state index in [2.05, 4.69) is 20.9 Å². The van der Waals surface area contributed by atoms with Crippen LogP contribution in [0.3, 0.4) is 0 Å². The summed E-state index contributed by atoms with van der Waals surface area (Å²) in [4.78, 5) is 4.46. The summed E-state index contributed by atoms with van der Waals surface area (Å²) in [7, 11) is 0. The number of benzene rings is 1. The van der Waals surface area contributed by atoms with E-state index in [1.807, 2.05) is 0 Å². The van der Waals surface area contributed by atoms with Gasteiger partial charge in [0.2, 0.25) is 0 Å². The van der Waals surface area contributed by atoms with Crippen molar-refractivity contribution in [2.45, 2.75) is 37.8 Å². The topological polar surface area (TPSA) is 52.8 Å². The number of aliphatic hydroxyl groups is 1. The number of phenols is 1. The van der Waals surface area contributed by atoms with Gasteiger partial charge < -0.3 is 10.2 Å². The lowest BCUT2D eigenvalue weighted by atomic mass is 9.93. The van der Waals surface area contributed by atoms with Crippen molar-refractivity contribution in [2.24, 2.45) is 4.99 Å². The van der Waals surface area contributed by atoms with Gasteiger partial charge in [-0.25, -0.2) is 0 Å². The molecule has 0 spiro atoms. The normalized spacial score (nSPS) is 24.6. The van der Waals surface area contributed by atoms with Gasteiger partial charge in [0.15, 0.2) is 0 Å². The molecule has 0 saturated heterocycles. The molecule has 0 amide bonds. The molecule has 1 aromatic carbocycles. The highest BCUT2D eigenvalue weighted by Crippen LogP contribution is 2.30. The maximum absolute atomic E-state index is 9.81. The molecule has 1 saturated carbocycles. The van der Waals surface area contributed by atoms with Crippen molar-refractivity contribution in [1.29, 1.82) is 0 Å². The van der Waals surface area contributed by atoms with Crippen molar-refractivity contribution < 1.29 is 10.2 Å². The predicted molar refractivity (Wildman–Crippen MR) is 76.7 cm³/mol. The third-order valence-electron chi connectivity index (χ3n) is 3.15. The predicted octanol–water partition coefficient (Wildman–Crippen LogP) is 3.53. The molecule has 1 aliphatic rings. The Bertz CT molecular complexity index is 457. The number of hydrogen-bond acceptors (Lipinski definition) is 3. The molecule has 3 nitrogen and oxygen atoms in total. The van der Waals surface area contributed by atoms with Crippen LogP contribution in [0.5, 0.6) is 5.75 Å². The highest BCUT2D eigenvalue weighted by atomic mass is 79.9. The van der Waals surface area contributed by atoms with Crippen LogP contribution < -0.4 is 0 Å². The first kappa shape index (κ1) is 13.8. The molecule has 18 heavy (non-hydrogen) atoms. The number of phenolic OH excluding ortho intramolecular Hbond substituents is 1. The Morgan fingerprint density at radius 2 is 1.94 bits per heavy atom. The lowest BCUT2D eigenvalue weighted by molar-refractivity contribution is 0.123. The Morgan fingerprint density at radius 3 is 2.61 bits per heavy atom. The van der Waals surface area contributed by atoms with Crippen LogP contribution in [0.25, 0.3) is 0 Å². The van der Waals surface area contributed by atoms with Gasteiger partial charge in [-0.1, -0.05) is 27.5 Å². The van der Waals surface area contributed by atoms with Gasteiger partial charge in [0.25, 0.3) is 0 Å². The zero-order valence-electron chi connectivity index (χ0n) is 9.81. The Morgan fingerprint density at radius 1 is 1.28 bits per heavy atom. The Kier molecular flexibility index (Phi) is 4.65. The first-order valence-corrected chi connectivity index (χ1v) is 7.12. The van der Waals surface area contributed by atoms with Crippen molar-refractivity contribution in [3.05, 3.63) is 27.2 Å². The minimum Gasteiger partial charge on any atom is -0.506 e. The number of aliphatic imine (C=N–C) groups is 1. The smallest absolute Gasteiger partial charge is 0.142 e. The fourth-order valence-corrected chi connectivity index (χ4v) is 2.91. The van der Waals surface area contributed by atoms with E-state index in [1.165, 1.54) is 0 Å². The summed E-state index contributed by atoms with van der Waals surface area (Å²) < 4.78 is 0.811. The standard InChI is InChI=1S/C13H15BrClNO2/c14-9-5-8(13(18)12(15)6-9)7-16-10-1-3-11(17)4-2-10/h5-7,10-11,17-18H,1-4H2/t10-,11-. The van der Waals surface area contributed by atoms with E-state index in [9.17, 15) is 10.2 Å². The van der Waals surface area contributed by atoms with Crippen molar-refractivity contribution in [2.75, 3.05) is 0 Å². The fourth-order valence-electron chi connectivity index (χ4n) is 2.08. The molecule has 0 aliphatic heterocycles. The van der Waals surface area contributed by atoms with Gasteiger partial charge >= 0.3 is 0 Å². The Balaban J connectivity index is 2.09. The summed E-state index contributed by atoms with van der Waals surface area (Å²) >= 11 is 9.22. The van der Waals surface area contributed by atoms with Gasteiger partial charge in [-0.3, -0.25) is 4.99 Å². The largest absolute Gasteiger partial charge is 0.506 e. The molecule has 0 unspecified atom stereocenters. The summed E-state index contributed by atoms with van der Waals surface area (Å²) in [6.07, 6.45) is 4.86. The quantitative estimate of drug-likeness (QED) is 0.814. The molecule has 5 heteroatoms. The number of aliphatic hydroxyl groups excluding tert-OH is 1. The lowest BCUT2D eigenvalue weighted by Crippen LogP contribution is -2.20. The molecule has 1 fully saturated rings. The van der Waals surface area contributed by atoms with Crippen LogP contribution in [0.2, 0.25) is 5.02 Å². The van der Waals surface area contributed by atoms with Crippen molar-refractivity contribution in [1.82, 2.24) is 0 Å². The first-order chi connectivity index (χ1) is 8.56. The van der Waals surface area contributed by atoms with Crippen LogP contribution in [-0.4, -0.2) is 28.6 Å². The van der Waals surface area contributed by atoms with Crippen LogP contribution in [0.1, 0.15) is 31.2 Å². The molecular formula is C13H15BrClNO2. The number of hydrogen-bond donors (Lipinski definition) is 2. The summed E-state index contributed by atoms with van der Waals surface area (Å²) in [6.45, 7) is 0. The molecule has 1 aromatic rings. The zero-order chi connectivity index (χ0) is 13.1. The van der Waals surface area contributed by atoms with Gasteiger partial charge in [0, 0.05) is 16.3 Å². The molecule has 2 N–H and O–H groups in total. The molecule has 2 rings (SSSR count). The summed E-state index contributed by atoms with van der Waals surface area (Å²) in [6, 6.07) is 3.65. The zero-order valence-corrected chi connectivity index (χ0v) is 12.2. The minimum absolute atomic E-state index is 0.0551. The molecule has 98 valence electrons. The number of aromatic hydroxyl groups is 1. The fraction of sp³-hybridized carbons (Fsp3) is 0.462. The van der Waals surface area contributed by atoms with E-state index in [-0.39, 0.29) is 17.9 Å². The lowest BCUT2D eigenvalue weighted by Gasteiger charge is -2.22. The molecule has 0 atom stereocenters. The second-order valence-corrected chi connectivity index (χ2v) is 5.89. The van der Waals surface area contributed by atoms with E-state index >= 15 is 0 Å². The van der Waals surface area contributed by atoms with E-state index in [4.69, 9.17) is 11.6 Å². The second kappa shape index (κ2) is 6.04. The highest BCUT2D eigenvalue weighted by Gasteiger charge is 2.18. The van der Waals surface area contributed by atoms with Crippen LogP contribution in [0, 0.1) is 0 Å². The van der Waals surface area contributed by atoms with Gasteiger partial charge in [-0.2, -0.15) is 0 Å². The van der Waals surface area contributed by atoms with E-state index in [0.29, 0.717) is 10.6 Å². The molecule has 0 heterocycles. The highest BCUT2D eigenvalue weighted by molar-refractivity contribution is 9.10. The van der Waals surface area contributed by atoms with E-state index in [1.54, 1.807) is 18.3 Å².